The first-order chi connectivity index (χ1) is 21.8. The molecule has 0 radical (unpaired) electrons. The Hall–Kier alpha value is -6.21. The summed E-state index contributed by atoms with van der Waals surface area (Å²) in [5, 5.41) is 3.07. The third-order valence-electron chi connectivity index (χ3n) is 8.07. The monoisotopic (exact) mass is 565 g/mol. The molecule has 5 aromatic heterocycles. The molecule has 0 aliphatic carbocycles. The van der Waals surface area contributed by atoms with Crippen molar-refractivity contribution in [3.63, 3.8) is 0 Å². The Morgan fingerprint density at radius 2 is 1.09 bits per heavy atom. The second-order valence-corrected chi connectivity index (χ2v) is 10.6. The van der Waals surface area contributed by atoms with Gasteiger partial charge in [-0.25, -0.2) is 9.97 Å². The van der Waals surface area contributed by atoms with Crippen LogP contribution in [0.15, 0.2) is 140 Å². The van der Waals surface area contributed by atoms with Gasteiger partial charge in [0.05, 0.1) is 27.5 Å². The lowest BCUT2D eigenvalue weighted by molar-refractivity contribution is 0.944. The highest BCUT2D eigenvalue weighted by atomic mass is 15.2. The number of benzene rings is 4. The van der Waals surface area contributed by atoms with Gasteiger partial charge in [-0.3, -0.25) is 9.55 Å². The lowest BCUT2D eigenvalue weighted by Crippen LogP contribution is -2.07. The van der Waals surface area contributed by atoms with E-state index in [0.29, 0.717) is 17.6 Å². The van der Waals surface area contributed by atoms with Crippen molar-refractivity contribution in [1.82, 2.24) is 34.1 Å². The maximum atomic E-state index is 5.09. The zero-order chi connectivity index (χ0) is 29.0. The molecule has 0 aliphatic rings. The SMILES string of the molecule is c1ccc(-c2nc(-c3ccccc3)nc(-n3c4ccccc4c4c3ncc3c5ncccc5n(-c5ccccc5)c34)n2)cc1. The summed E-state index contributed by atoms with van der Waals surface area (Å²) in [5.41, 5.74) is 7.60. The van der Waals surface area contributed by atoms with Gasteiger partial charge < -0.3 is 4.57 Å². The van der Waals surface area contributed by atoms with E-state index < -0.39 is 0 Å². The fraction of sp³-hybridized carbons (Fsp3) is 0. The molecule has 7 nitrogen and oxygen atoms in total. The van der Waals surface area contributed by atoms with Crippen LogP contribution in [0.2, 0.25) is 0 Å². The van der Waals surface area contributed by atoms with Gasteiger partial charge in [0.2, 0.25) is 5.95 Å². The number of hydrogen-bond donors (Lipinski definition) is 0. The van der Waals surface area contributed by atoms with E-state index in [2.05, 4.69) is 57.7 Å². The summed E-state index contributed by atoms with van der Waals surface area (Å²) >= 11 is 0. The zero-order valence-corrected chi connectivity index (χ0v) is 23.4. The molecule has 0 N–H and O–H groups in total. The summed E-state index contributed by atoms with van der Waals surface area (Å²) in [6.07, 6.45) is 3.77. The normalized spacial score (nSPS) is 11.6. The maximum Gasteiger partial charge on any atom is 0.240 e. The van der Waals surface area contributed by atoms with Crippen molar-refractivity contribution in [2.24, 2.45) is 0 Å². The minimum atomic E-state index is 0.510. The summed E-state index contributed by atoms with van der Waals surface area (Å²) in [6.45, 7) is 0. The van der Waals surface area contributed by atoms with Crippen LogP contribution in [0.4, 0.5) is 0 Å². The van der Waals surface area contributed by atoms with Gasteiger partial charge in [0.15, 0.2) is 11.6 Å². The highest BCUT2D eigenvalue weighted by molar-refractivity contribution is 6.24. The summed E-state index contributed by atoms with van der Waals surface area (Å²) < 4.78 is 4.35. The van der Waals surface area contributed by atoms with Gasteiger partial charge in [-0.2, -0.15) is 9.97 Å². The topological polar surface area (TPSA) is 74.3 Å². The summed E-state index contributed by atoms with van der Waals surface area (Å²) in [4.78, 5) is 24.9. The number of nitrogens with zero attached hydrogens (tertiary/aromatic N) is 7. The summed E-state index contributed by atoms with van der Waals surface area (Å²) in [6, 6.07) is 42.9. The smallest absolute Gasteiger partial charge is 0.240 e. The first-order valence-corrected chi connectivity index (χ1v) is 14.5. The fourth-order valence-electron chi connectivity index (χ4n) is 6.16. The van der Waals surface area contributed by atoms with Crippen LogP contribution in [0.25, 0.3) is 78.3 Å². The highest BCUT2D eigenvalue weighted by Crippen LogP contribution is 2.40. The molecule has 7 heteroatoms. The van der Waals surface area contributed by atoms with Crippen LogP contribution in [0.3, 0.4) is 0 Å². The standard InChI is InChI=1S/C37H23N7/c1-4-13-24(14-5-1)34-40-35(25-15-6-2-7-16-25)42-37(41-34)44-29-20-11-10-19-27(29)31-33-28(23-39-36(31)44)32-30(21-12-22-38-32)43(33)26-17-8-3-9-18-26/h1-23H. The predicted molar refractivity (Wildman–Crippen MR) is 175 cm³/mol. The van der Waals surface area contributed by atoms with Gasteiger partial charge in [0, 0.05) is 40.0 Å². The van der Waals surface area contributed by atoms with Crippen LogP contribution in [-0.2, 0) is 0 Å². The number of hydrogen-bond acceptors (Lipinski definition) is 5. The molecule has 0 saturated carbocycles. The van der Waals surface area contributed by atoms with Gasteiger partial charge in [-0.1, -0.05) is 97.1 Å². The van der Waals surface area contributed by atoms with E-state index in [1.807, 2.05) is 91.3 Å². The van der Waals surface area contributed by atoms with E-state index in [0.717, 1.165) is 60.7 Å². The lowest BCUT2D eigenvalue weighted by atomic mass is 10.1. The van der Waals surface area contributed by atoms with Crippen LogP contribution < -0.4 is 0 Å². The molecule has 0 bridgehead atoms. The van der Waals surface area contributed by atoms with Crippen LogP contribution >= 0.6 is 0 Å². The van der Waals surface area contributed by atoms with E-state index >= 15 is 0 Å². The van der Waals surface area contributed by atoms with Crippen molar-refractivity contribution in [3.05, 3.63) is 140 Å². The Morgan fingerprint density at radius 1 is 0.477 bits per heavy atom. The molecule has 9 rings (SSSR count). The second kappa shape index (κ2) is 9.68. The minimum Gasteiger partial charge on any atom is -0.307 e. The Bertz CT molecular complexity index is 2420. The molecule has 0 saturated heterocycles. The van der Waals surface area contributed by atoms with Crippen molar-refractivity contribution >= 4 is 43.9 Å². The van der Waals surface area contributed by atoms with Crippen molar-refractivity contribution in [3.8, 4) is 34.4 Å². The quantitative estimate of drug-likeness (QED) is 0.215. The molecule has 5 heterocycles. The number of aromatic nitrogens is 7. The third-order valence-corrected chi connectivity index (χ3v) is 8.07. The van der Waals surface area contributed by atoms with Crippen LogP contribution in [0.1, 0.15) is 0 Å². The number of rotatable bonds is 4. The maximum absolute atomic E-state index is 5.09. The Balaban J connectivity index is 1.43. The zero-order valence-electron chi connectivity index (χ0n) is 23.4. The number of para-hydroxylation sites is 2. The molecule has 0 amide bonds. The van der Waals surface area contributed by atoms with Gasteiger partial charge in [-0.05, 0) is 30.3 Å². The summed E-state index contributed by atoms with van der Waals surface area (Å²) in [5.74, 6) is 1.71. The fourth-order valence-corrected chi connectivity index (χ4v) is 6.16. The first kappa shape index (κ1) is 24.4. The summed E-state index contributed by atoms with van der Waals surface area (Å²) in [7, 11) is 0. The van der Waals surface area contributed by atoms with Gasteiger partial charge in [-0.15, -0.1) is 0 Å². The van der Waals surface area contributed by atoms with E-state index in [9.17, 15) is 0 Å². The Labute approximate surface area is 251 Å². The Kier molecular flexibility index (Phi) is 5.36. The van der Waals surface area contributed by atoms with Crippen LogP contribution in [-0.4, -0.2) is 34.1 Å². The van der Waals surface area contributed by atoms with Crippen molar-refractivity contribution < 1.29 is 0 Å². The van der Waals surface area contributed by atoms with Crippen molar-refractivity contribution in [1.29, 1.82) is 0 Å². The molecule has 0 atom stereocenters. The predicted octanol–water partition coefficient (Wildman–Crippen LogP) is 8.19. The van der Waals surface area contributed by atoms with E-state index in [1.165, 1.54) is 0 Å². The van der Waals surface area contributed by atoms with Gasteiger partial charge in [0.25, 0.3) is 0 Å². The molecule has 0 aliphatic heterocycles. The first-order valence-electron chi connectivity index (χ1n) is 14.5. The minimum absolute atomic E-state index is 0.510. The third kappa shape index (κ3) is 3.66. The van der Waals surface area contributed by atoms with Crippen LogP contribution in [0.5, 0.6) is 0 Å². The molecule has 0 fully saturated rings. The van der Waals surface area contributed by atoms with Crippen LogP contribution in [0, 0.1) is 0 Å². The van der Waals surface area contributed by atoms with Crippen molar-refractivity contribution in [2.75, 3.05) is 0 Å². The largest absolute Gasteiger partial charge is 0.307 e. The van der Waals surface area contributed by atoms with E-state index in [-0.39, 0.29) is 0 Å². The second-order valence-electron chi connectivity index (χ2n) is 10.6. The average molecular weight is 566 g/mol. The van der Waals surface area contributed by atoms with Gasteiger partial charge >= 0.3 is 0 Å². The average Bonchev–Trinajstić information content (AvgIpc) is 3.62. The molecule has 206 valence electrons. The van der Waals surface area contributed by atoms with E-state index in [4.69, 9.17) is 24.9 Å². The molecule has 9 aromatic rings. The molecule has 4 aromatic carbocycles. The van der Waals surface area contributed by atoms with E-state index in [1.54, 1.807) is 0 Å². The molecular formula is C37H23N7. The molecule has 0 spiro atoms. The molecule has 0 unspecified atom stereocenters. The molecular weight excluding hydrogens is 542 g/mol. The molecule has 44 heavy (non-hydrogen) atoms. The Morgan fingerprint density at radius 3 is 1.80 bits per heavy atom. The number of pyridine rings is 2. The van der Waals surface area contributed by atoms with Crippen molar-refractivity contribution in [2.45, 2.75) is 0 Å². The van der Waals surface area contributed by atoms with Gasteiger partial charge in [0.1, 0.15) is 5.65 Å². The lowest BCUT2D eigenvalue weighted by Gasteiger charge is -2.10. The number of fused-ring (bicyclic) bond motifs is 7. The highest BCUT2D eigenvalue weighted by Gasteiger charge is 2.24.